The summed E-state index contributed by atoms with van der Waals surface area (Å²) < 4.78 is 0. The lowest BCUT2D eigenvalue weighted by Crippen LogP contribution is -2.34. The third-order valence-electron chi connectivity index (χ3n) is 3.57. The van der Waals surface area contributed by atoms with Crippen LogP contribution in [0.1, 0.15) is 52.4 Å². The number of hydrogen-bond donors (Lipinski definition) is 1. The Morgan fingerprint density at radius 3 is 2.76 bits per heavy atom. The second-order valence-corrected chi connectivity index (χ2v) is 5.98. The molecule has 4 heteroatoms. The lowest BCUT2D eigenvalue weighted by Gasteiger charge is -2.26. The zero-order valence-corrected chi connectivity index (χ0v) is 11.8. The van der Waals surface area contributed by atoms with Gasteiger partial charge in [0, 0.05) is 24.9 Å². The van der Waals surface area contributed by atoms with Gasteiger partial charge in [-0.15, -0.1) is 0 Å². The van der Waals surface area contributed by atoms with Crippen LogP contribution < -0.4 is 5.73 Å². The summed E-state index contributed by atoms with van der Waals surface area (Å²) in [6.07, 6.45) is 6.03. The second kappa shape index (κ2) is 6.34. The molecule has 3 nitrogen and oxygen atoms in total. The third-order valence-corrected chi connectivity index (χ3v) is 4.12. The van der Waals surface area contributed by atoms with Crippen LogP contribution in [0.4, 0.5) is 0 Å². The number of likely N-dealkylation sites (tertiary alicyclic amines) is 1. The van der Waals surface area contributed by atoms with Crippen LogP contribution in [-0.4, -0.2) is 28.9 Å². The molecule has 0 spiro atoms. The van der Waals surface area contributed by atoms with Crippen LogP contribution in [0, 0.1) is 5.41 Å². The molecule has 98 valence electrons. The van der Waals surface area contributed by atoms with E-state index in [0.29, 0.717) is 10.9 Å². The van der Waals surface area contributed by atoms with Gasteiger partial charge in [0.2, 0.25) is 5.91 Å². The molecule has 2 N–H and O–H groups in total. The Hall–Kier alpha value is -0.640. The molecule has 0 radical (unpaired) electrons. The molecule has 0 aromatic rings. The highest BCUT2D eigenvalue weighted by Gasteiger charge is 2.22. The second-order valence-electron chi connectivity index (χ2n) is 5.54. The zero-order valence-electron chi connectivity index (χ0n) is 11.0. The topological polar surface area (TPSA) is 46.3 Å². The minimum atomic E-state index is -0.0930. The third kappa shape index (κ3) is 4.62. The number of thiocarbonyl (C=S) groups is 1. The lowest BCUT2D eigenvalue weighted by molar-refractivity contribution is -0.130. The van der Waals surface area contributed by atoms with Crippen molar-refractivity contribution in [2.75, 3.05) is 13.1 Å². The Balaban J connectivity index is 2.34. The van der Waals surface area contributed by atoms with E-state index in [-0.39, 0.29) is 5.41 Å². The van der Waals surface area contributed by atoms with Crippen LogP contribution in [-0.2, 0) is 4.79 Å². The van der Waals surface area contributed by atoms with E-state index in [9.17, 15) is 4.79 Å². The summed E-state index contributed by atoms with van der Waals surface area (Å²) in [5, 5.41) is 0. The minimum absolute atomic E-state index is 0.0930. The van der Waals surface area contributed by atoms with Gasteiger partial charge in [0.15, 0.2) is 0 Å². The van der Waals surface area contributed by atoms with Crippen LogP contribution in [0.25, 0.3) is 0 Å². The molecule has 0 aromatic carbocycles. The van der Waals surface area contributed by atoms with Crippen molar-refractivity contribution < 1.29 is 4.79 Å². The van der Waals surface area contributed by atoms with Crippen LogP contribution >= 0.6 is 12.2 Å². The molecule has 1 fully saturated rings. The average molecular weight is 256 g/mol. The van der Waals surface area contributed by atoms with Crippen molar-refractivity contribution >= 4 is 23.1 Å². The fraction of sp³-hybridized carbons (Fsp3) is 0.846. The van der Waals surface area contributed by atoms with Crippen LogP contribution in [0.5, 0.6) is 0 Å². The normalized spacial score (nSPS) is 18.0. The maximum absolute atomic E-state index is 11.8. The van der Waals surface area contributed by atoms with Gasteiger partial charge in [-0.1, -0.05) is 32.5 Å². The van der Waals surface area contributed by atoms with Gasteiger partial charge in [-0.3, -0.25) is 4.79 Å². The van der Waals surface area contributed by atoms with E-state index < -0.39 is 0 Å². The number of hydrogen-bond acceptors (Lipinski definition) is 2. The molecule has 1 saturated heterocycles. The van der Waals surface area contributed by atoms with Crippen molar-refractivity contribution in [2.24, 2.45) is 11.1 Å². The summed E-state index contributed by atoms with van der Waals surface area (Å²) >= 11 is 5.04. The summed E-state index contributed by atoms with van der Waals surface area (Å²) in [6.45, 7) is 5.91. The molecule has 1 aliphatic rings. The van der Waals surface area contributed by atoms with Crippen molar-refractivity contribution in [3.8, 4) is 0 Å². The molecular formula is C13H24N2OS. The Labute approximate surface area is 110 Å². The van der Waals surface area contributed by atoms with Crippen LogP contribution in [0.15, 0.2) is 0 Å². The molecule has 0 aromatic heterocycles. The molecule has 0 saturated carbocycles. The first-order valence-corrected chi connectivity index (χ1v) is 6.92. The van der Waals surface area contributed by atoms with Crippen molar-refractivity contribution in [3.05, 3.63) is 0 Å². The van der Waals surface area contributed by atoms with E-state index in [0.717, 1.165) is 45.2 Å². The first kappa shape index (κ1) is 14.4. The lowest BCUT2D eigenvalue weighted by atomic mass is 9.88. The zero-order chi connectivity index (χ0) is 12.9. The van der Waals surface area contributed by atoms with E-state index >= 15 is 0 Å². The molecule has 0 bridgehead atoms. The van der Waals surface area contributed by atoms with Gasteiger partial charge in [-0.25, -0.2) is 0 Å². The first-order valence-electron chi connectivity index (χ1n) is 6.51. The smallest absolute Gasteiger partial charge is 0.222 e. The fourth-order valence-corrected chi connectivity index (χ4v) is 2.21. The Bertz CT molecular complexity index is 289. The highest BCUT2D eigenvalue weighted by atomic mass is 32.1. The maximum atomic E-state index is 11.8. The Kier molecular flexibility index (Phi) is 5.37. The summed E-state index contributed by atoms with van der Waals surface area (Å²) in [5.74, 6) is 0.315. The van der Waals surface area contributed by atoms with E-state index in [2.05, 4.69) is 13.8 Å². The van der Waals surface area contributed by atoms with Gasteiger partial charge in [0.25, 0.3) is 0 Å². The number of carbonyl (C=O) groups excluding carboxylic acids is 1. The largest absolute Gasteiger partial charge is 0.393 e. The van der Waals surface area contributed by atoms with E-state index in [1.807, 2.05) is 4.90 Å². The fourth-order valence-electron chi connectivity index (χ4n) is 2.11. The average Bonchev–Trinajstić information content (AvgIpc) is 2.44. The van der Waals surface area contributed by atoms with Crippen molar-refractivity contribution in [1.82, 2.24) is 4.90 Å². The Morgan fingerprint density at radius 2 is 2.12 bits per heavy atom. The van der Waals surface area contributed by atoms with Crippen LogP contribution in [0.2, 0.25) is 0 Å². The number of amides is 1. The van der Waals surface area contributed by atoms with Gasteiger partial charge >= 0.3 is 0 Å². The van der Waals surface area contributed by atoms with E-state index in [1.54, 1.807) is 0 Å². The quantitative estimate of drug-likeness (QED) is 0.769. The van der Waals surface area contributed by atoms with Gasteiger partial charge in [-0.05, 0) is 25.7 Å². The van der Waals surface area contributed by atoms with Crippen molar-refractivity contribution in [1.29, 1.82) is 0 Å². The molecule has 1 aliphatic heterocycles. The monoisotopic (exact) mass is 256 g/mol. The van der Waals surface area contributed by atoms with Crippen molar-refractivity contribution in [3.63, 3.8) is 0 Å². The highest BCUT2D eigenvalue weighted by molar-refractivity contribution is 7.80. The van der Waals surface area contributed by atoms with E-state index in [4.69, 9.17) is 18.0 Å². The summed E-state index contributed by atoms with van der Waals surface area (Å²) in [5.41, 5.74) is 5.60. The first-order chi connectivity index (χ1) is 7.93. The molecule has 0 unspecified atom stereocenters. The predicted molar refractivity (Wildman–Crippen MR) is 74.8 cm³/mol. The minimum Gasteiger partial charge on any atom is -0.393 e. The molecule has 0 aliphatic carbocycles. The number of carbonyl (C=O) groups is 1. The van der Waals surface area contributed by atoms with E-state index in [1.165, 1.54) is 6.42 Å². The molecule has 1 heterocycles. The van der Waals surface area contributed by atoms with Gasteiger partial charge < -0.3 is 10.6 Å². The molecule has 1 rings (SSSR count). The standard InChI is InChI=1S/C13H24N2OS/c1-13(2,12(14)17)8-6-10-15-9-5-3-4-7-11(15)16/h3-10H2,1-2H3,(H2,14,17). The highest BCUT2D eigenvalue weighted by Crippen LogP contribution is 2.23. The van der Waals surface area contributed by atoms with Crippen LogP contribution in [0.3, 0.4) is 0 Å². The number of nitrogens with two attached hydrogens (primary N) is 1. The maximum Gasteiger partial charge on any atom is 0.222 e. The molecule has 17 heavy (non-hydrogen) atoms. The summed E-state index contributed by atoms with van der Waals surface area (Å²) in [6, 6.07) is 0. The number of nitrogens with zero attached hydrogens (tertiary/aromatic N) is 1. The predicted octanol–water partition coefficient (Wildman–Crippen LogP) is 2.48. The van der Waals surface area contributed by atoms with Gasteiger partial charge in [0.1, 0.15) is 0 Å². The SMILES string of the molecule is CC(C)(CCCN1CCCCCC1=O)C(N)=S. The van der Waals surface area contributed by atoms with Gasteiger partial charge in [-0.2, -0.15) is 0 Å². The van der Waals surface area contributed by atoms with Crippen molar-refractivity contribution in [2.45, 2.75) is 52.4 Å². The number of rotatable bonds is 5. The molecular weight excluding hydrogens is 232 g/mol. The Morgan fingerprint density at radius 1 is 1.41 bits per heavy atom. The molecule has 0 atom stereocenters. The summed E-state index contributed by atoms with van der Waals surface area (Å²) in [4.78, 5) is 14.4. The summed E-state index contributed by atoms with van der Waals surface area (Å²) in [7, 11) is 0. The van der Waals surface area contributed by atoms with Gasteiger partial charge in [0.05, 0.1) is 4.99 Å². The molecule has 1 amide bonds.